The maximum absolute atomic E-state index is 13.1. The number of carbonyl (C=O) groups excluding carboxylic acids is 1. The maximum atomic E-state index is 13.1. The Labute approximate surface area is 201 Å². The number of aryl methyl sites for hydroxylation is 1. The van der Waals surface area contributed by atoms with Gasteiger partial charge in [0, 0.05) is 30.8 Å². The van der Waals surface area contributed by atoms with Gasteiger partial charge in [-0.3, -0.25) is 4.98 Å². The number of amides is 1. The molecular weight excluding hydrogens is 461 g/mol. The first-order valence-corrected chi connectivity index (χ1v) is 11.3. The fourth-order valence-electron chi connectivity index (χ4n) is 4.22. The van der Waals surface area contributed by atoms with Crippen molar-refractivity contribution in [2.45, 2.75) is 58.2 Å². The number of phenolic OH excluding ortho intramolecular Hbond substituents is 1. The number of aromatic nitrogens is 3. The molecule has 0 unspecified atom stereocenters. The van der Waals surface area contributed by atoms with Crippen LogP contribution in [0.25, 0.3) is 22.4 Å². The van der Waals surface area contributed by atoms with Crippen molar-refractivity contribution in [1.29, 1.82) is 0 Å². The zero-order valence-electron chi connectivity index (χ0n) is 20.0. The number of benzene rings is 1. The Hall–Kier alpha value is -3.43. The molecule has 0 aliphatic carbocycles. The minimum absolute atomic E-state index is 0.0557. The van der Waals surface area contributed by atoms with E-state index in [0.29, 0.717) is 41.7 Å². The SMILES string of the molecule is Cc1cc(C(F)(F)F)cc(O)c1-c1ccc2ncc([C@@H]3CCCN(C(=O)OC(C)(C)C)C3)nc2n1. The highest BCUT2D eigenvalue weighted by atomic mass is 19.4. The monoisotopic (exact) mass is 488 g/mol. The minimum Gasteiger partial charge on any atom is -0.507 e. The molecule has 3 heterocycles. The number of phenols is 1. The lowest BCUT2D eigenvalue weighted by Gasteiger charge is -2.33. The zero-order chi connectivity index (χ0) is 25.5. The van der Waals surface area contributed by atoms with Gasteiger partial charge in [-0.1, -0.05) is 0 Å². The zero-order valence-corrected chi connectivity index (χ0v) is 20.0. The van der Waals surface area contributed by atoms with Crippen LogP contribution in [0.1, 0.15) is 56.4 Å². The lowest BCUT2D eigenvalue weighted by Crippen LogP contribution is -2.42. The number of aromatic hydroxyl groups is 1. The molecule has 4 rings (SSSR count). The topological polar surface area (TPSA) is 88.4 Å². The van der Waals surface area contributed by atoms with Gasteiger partial charge in [0.05, 0.1) is 17.0 Å². The third-order valence-corrected chi connectivity index (χ3v) is 5.81. The summed E-state index contributed by atoms with van der Waals surface area (Å²) in [5.74, 6) is -0.562. The van der Waals surface area contributed by atoms with Crippen molar-refractivity contribution >= 4 is 17.3 Å². The highest BCUT2D eigenvalue weighted by Crippen LogP contribution is 2.38. The average Bonchev–Trinajstić information content (AvgIpc) is 2.76. The molecule has 0 saturated carbocycles. The first kappa shape index (κ1) is 24.7. The number of fused-ring (bicyclic) bond motifs is 1. The van der Waals surface area contributed by atoms with Gasteiger partial charge in [-0.15, -0.1) is 0 Å². The Balaban J connectivity index is 1.64. The van der Waals surface area contributed by atoms with Crippen molar-refractivity contribution in [3.63, 3.8) is 0 Å². The fourth-order valence-corrected chi connectivity index (χ4v) is 4.22. The van der Waals surface area contributed by atoms with E-state index in [1.807, 2.05) is 20.8 Å². The molecule has 0 spiro atoms. The van der Waals surface area contributed by atoms with Crippen LogP contribution in [0.2, 0.25) is 0 Å². The van der Waals surface area contributed by atoms with Gasteiger partial charge in [-0.2, -0.15) is 13.2 Å². The van der Waals surface area contributed by atoms with Crippen molar-refractivity contribution < 1.29 is 27.8 Å². The number of nitrogens with zero attached hydrogens (tertiary/aromatic N) is 4. The first-order valence-electron chi connectivity index (χ1n) is 11.3. The van der Waals surface area contributed by atoms with E-state index in [1.165, 1.54) is 6.92 Å². The molecule has 1 aromatic carbocycles. The molecule has 1 atom stereocenters. The summed E-state index contributed by atoms with van der Waals surface area (Å²) in [6.07, 6.45) is -1.67. The second-order valence-corrected chi connectivity index (χ2v) is 9.78. The molecule has 186 valence electrons. The molecule has 3 aromatic rings. The predicted octanol–water partition coefficient (Wildman–Crippen LogP) is 5.84. The van der Waals surface area contributed by atoms with E-state index in [0.717, 1.165) is 18.9 Å². The first-order chi connectivity index (χ1) is 16.3. The second kappa shape index (κ2) is 8.98. The van der Waals surface area contributed by atoms with Crippen molar-refractivity contribution in [2.24, 2.45) is 0 Å². The number of pyridine rings is 1. The Bertz CT molecular complexity index is 1250. The maximum Gasteiger partial charge on any atom is 0.416 e. The molecular formula is C25H27F3N4O3. The summed E-state index contributed by atoms with van der Waals surface area (Å²) in [7, 11) is 0. The van der Waals surface area contributed by atoms with Gasteiger partial charge < -0.3 is 14.7 Å². The number of halogens is 3. The fraction of sp³-hybridized carbons (Fsp3) is 0.440. The number of rotatable bonds is 2. The van der Waals surface area contributed by atoms with Gasteiger partial charge in [0.25, 0.3) is 0 Å². The summed E-state index contributed by atoms with van der Waals surface area (Å²) in [5.41, 5.74) is 0.736. The normalized spacial score (nSPS) is 17.0. The Kier molecular flexibility index (Phi) is 6.33. The molecule has 1 aliphatic heterocycles. The summed E-state index contributed by atoms with van der Waals surface area (Å²) >= 11 is 0. The smallest absolute Gasteiger partial charge is 0.416 e. The van der Waals surface area contributed by atoms with Gasteiger partial charge in [0.1, 0.15) is 16.9 Å². The van der Waals surface area contributed by atoms with E-state index in [9.17, 15) is 23.1 Å². The largest absolute Gasteiger partial charge is 0.507 e. The quantitative estimate of drug-likeness (QED) is 0.488. The number of carbonyl (C=O) groups is 1. The Morgan fingerprint density at radius 1 is 1.17 bits per heavy atom. The summed E-state index contributed by atoms with van der Waals surface area (Å²) in [5, 5.41) is 10.4. The molecule has 1 aliphatic rings. The van der Waals surface area contributed by atoms with Crippen LogP contribution in [-0.2, 0) is 10.9 Å². The number of likely N-dealkylation sites (tertiary alicyclic amines) is 1. The van der Waals surface area contributed by atoms with E-state index in [-0.39, 0.29) is 23.1 Å². The van der Waals surface area contributed by atoms with E-state index in [1.54, 1.807) is 23.2 Å². The van der Waals surface area contributed by atoms with Crippen molar-refractivity contribution in [1.82, 2.24) is 19.9 Å². The third-order valence-electron chi connectivity index (χ3n) is 5.81. The molecule has 0 bridgehead atoms. The van der Waals surface area contributed by atoms with Crippen LogP contribution in [0.4, 0.5) is 18.0 Å². The highest BCUT2D eigenvalue weighted by Gasteiger charge is 2.32. The molecule has 1 amide bonds. The van der Waals surface area contributed by atoms with E-state index < -0.39 is 23.1 Å². The van der Waals surface area contributed by atoms with Crippen LogP contribution in [-0.4, -0.2) is 49.7 Å². The summed E-state index contributed by atoms with van der Waals surface area (Å²) in [4.78, 5) is 27.8. The lowest BCUT2D eigenvalue weighted by atomic mass is 9.95. The standard InChI is InChI=1S/C25H27F3N4O3/c1-14-10-16(25(26,27)28)11-20(33)21(14)17-7-8-18-22(30-17)31-19(12-29-18)15-6-5-9-32(13-15)23(34)35-24(2,3)4/h7-8,10-12,15,33H,5-6,9,13H2,1-4H3/t15-/m1/s1. The molecule has 0 radical (unpaired) electrons. The van der Waals surface area contributed by atoms with Crippen LogP contribution >= 0.6 is 0 Å². The molecule has 1 fully saturated rings. The number of hydrogen-bond donors (Lipinski definition) is 1. The average molecular weight is 489 g/mol. The second-order valence-electron chi connectivity index (χ2n) is 9.78. The Morgan fingerprint density at radius 3 is 2.57 bits per heavy atom. The molecule has 7 nitrogen and oxygen atoms in total. The number of alkyl halides is 3. The van der Waals surface area contributed by atoms with Crippen LogP contribution < -0.4 is 0 Å². The summed E-state index contributed by atoms with van der Waals surface area (Å²) < 4.78 is 44.8. The van der Waals surface area contributed by atoms with Crippen molar-refractivity contribution in [3.05, 3.63) is 47.3 Å². The number of hydrogen-bond acceptors (Lipinski definition) is 6. The van der Waals surface area contributed by atoms with Crippen LogP contribution in [0, 0.1) is 6.92 Å². The van der Waals surface area contributed by atoms with E-state index >= 15 is 0 Å². The summed E-state index contributed by atoms with van der Waals surface area (Å²) in [6.45, 7) is 7.99. The van der Waals surface area contributed by atoms with Gasteiger partial charge in [-0.05, 0) is 70.4 Å². The van der Waals surface area contributed by atoms with Crippen LogP contribution in [0.5, 0.6) is 5.75 Å². The Morgan fingerprint density at radius 2 is 1.91 bits per heavy atom. The van der Waals surface area contributed by atoms with Gasteiger partial charge in [0.15, 0.2) is 5.65 Å². The molecule has 10 heteroatoms. The molecule has 35 heavy (non-hydrogen) atoms. The van der Waals surface area contributed by atoms with Gasteiger partial charge in [0.2, 0.25) is 0 Å². The van der Waals surface area contributed by atoms with Gasteiger partial charge >= 0.3 is 12.3 Å². The number of piperidine rings is 1. The van der Waals surface area contributed by atoms with Crippen molar-refractivity contribution in [3.8, 4) is 17.0 Å². The predicted molar refractivity (Wildman–Crippen MR) is 124 cm³/mol. The molecule has 2 aromatic heterocycles. The third kappa shape index (κ3) is 5.47. The van der Waals surface area contributed by atoms with Crippen LogP contribution in [0.3, 0.4) is 0 Å². The van der Waals surface area contributed by atoms with E-state index in [4.69, 9.17) is 4.74 Å². The van der Waals surface area contributed by atoms with Crippen LogP contribution in [0.15, 0.2) is 30.5 Å². The van der Waals surface area contributed by atoms with Crippen molar-refractivity contribution in [2.75, 3.05) is 13.1 Å². The van der Waals surface area contributed by atoms with E-state index in [2.05, 4.69) is 15.0 Å². The minimum atomic E-state index is -4.56. The highest BCUT2D eigenvalue weighted by molar-refractivity contribution is 5.78. The number of ether oxygens (including phenoxy) is 1. The lowest BCUT2D eigenvalue weighted by molar-refractivity contribution is -0.137. The molecule has 1 N–H and O–H groups in total. The summed E-state index contributed by atoms with van der Waals surface area (Å²) in [6, 6.07) is 4.94. The molecule has 1 saturated heterocycles. The van der Waals surface area contributed by atoms with Gasteiger partial charge in [-0.25, -0.2) is 14.8 Å².